The Hall–Kier alpha value is -0.570. The molecule has 0 bridgehead atoms. The fourth-order valence-corrected chi connectivity index (χ4v) is 2.33. The number of carbonyl (C=O) groups is 1. The third-order valence-electron chi connectivity index (χ3n) is 3.75. The molecule has 2 aliphatic rings. The van der Waals surface area contributed by atoms with Crippen LogP contribution in [0.15, 0.2) is 0 Å². The Balaban J connectivity index is 1.64. The summed E-state index contributed by atoms with van der Waals surface area (Å²) in [4.78, 5) is 11.9. The molecule has 0 aromatic carbocycles. The van der Waals surface area contributed by atoms with Crippen LogP contribution in [0.1, 0.15) is 51.9 Å². The van der Waals surface area contributed by atoms with Gasteiger partial charge in [0.15, 0.2) is 0 Å². The van der Waals surface area contributed by atoms with E-state index < -0.39 is 0 Å². The van der Waals surface area contributed by atoms with Crippen molar-refractivity contribution in [3.8, 4) is 0 Å². The van der Waals surface area contributed by atoms with Gasteiger partial charge in [0.2, 0.25) is 5.91 Å². The molecule has 2 aliphatic carbocycles. The summed E-state index contributed by atoms with van der Waals surface area (Å²) >= 11 is 0. The van der Waals surface area contributed by atoms with E-state index in [4.69, 9.17) is 0 Å². The predicted molar refractivity (Wildman–Crippen MR) is 65.2 cm³/mol. The highest BCUT2D eigenvalue weighted by Crippen LogP contribution is 2.27. The summed E-state index contributed by atoms with van der Waals surface area (Å²) in [6, 6.07) is 0.411. The summed E-state index contributed by atoms with van der Waals surface area (Å²) in [7, 11) is 0. The molecule has 2 fully saturated rings. The average molecular weight is 224 g/mol. The maximum Gasteiger partial charge on any atom is 0.237 e. The predicted octanol–water partition coefficient (Wildman–Crippen LogP) is 1.82. The Morgan fingerprint density at radius 2 is 1.88 bits per heavy atom. The van der Waals surface area contributed by atoms with Gasteiger partial charge < -0.3 is 10.6 Å². The van der Waals surface area contributed by atoms with E-state index in [1.165, 1.54) is 44.9 Å². The molecule has 0 radical (unpaired) electrons. The first-order chi connectivity index (χ1) is 7.75. The molecule has 1 amide bonds. The maximum atomic E-state index is 11.9. The van der Waals surface area contributed by atoms with Crippen LogP contribution in [0, 0.1) is 5.92 Å². The molecule has 2 N–H and O–H groups in total. The van der Waals surface area contributed by atoms with Gasteiger partial charge in [-0.15, -0.1) is 0 Å². The van der Waals surface area contributed by atoms with E-state index >= 15 is 0 Å². The second-order valence-corrected chi connectivity index (χ2v) is 5.42. The molecule has 3 nitrogen and oxygen atoms in total. The fraction of sp³-hybridized carbons (Fsp3) is 0.923. The van der Waals surface area contributed by atoms with E-state index in [0.717, 1.165) is 12.5 Å². The normalized spacial score (nSPS) is 24.1. The second-order valence-electron chi connectivity index (χ2n) is 5.42. The lowest BCUT2D eigenvalue weighted by Gasteiger charge is -2.24. The summed E-state index contributed by atoms with van der Waals surface area (Å²) in [5.41, 5.74) is 0. The lowest BCUT2D eigenvalue weighted by Crippen LogP contribution is -2.47. The first-order valence-electron chi connectivity index (χ1n) is 6.79. The molecule has 0 heterocycles. The van der Waals surface area contributed by atoms with E-state index in [2.05, 4.69) is 10.6 Å². The van der Waals surface area contributed by atoms with Crippen molar-refractivity contribution in [3.05, 3.63) is 0 Å². The van der Waals surface area contributed by atoms with Gasteiger partial charge in [-0.05, 0) is 45.1 Å². The molecule has 0 aromatic rings. The van der Waals surface area contributed by atoms with E-state index in [0.29, 0.717) is 6.04 Å². The number of hydrogen-bond donors (Lipinski definition) is 2. The van der Waals surface area contributed by atoms with Crippen molar-refractivity contribution in [2.24, 2.45) is 5.92 Å². The van der Waals surface area contributed by atoms with Crippen LogP contribution in [-0.2, 0) is 4.79 Å². The van der Waals surface area contributed by atoms with E-state index in [9.17, 15) is 4.79 Å². The van der Waals surface area contributed by atoms with Crippen molar-refractivity contribution in [2.75, 3.05) is 6.54 Å². The highest BCUT2D eigenvalue weighted by Gasteiger charge is 2.24. The lowest BCUT2D eigenvalue weighted by atomic mass is 9.95. The molecule has 1 atom stereocenters. The van der Waals surface area contributed by atoms with Gasteiger partial charge in [-0.25, -0.2) is 0 Å². The van der Waals surface area contributed by atoms with Crippen molar-refractivity contribution in [2.45, 2.75) is 64.0 Å². The van der Waals surface area contributed by atoms with Gasteiger partial charge in [0.1, 0.15) is 0 Å². The van der Waals surface area contributed by atoms with Crippen LogP contribution in [0.5, 0.6) is 0 Å². The molecule has 0 saturated heterocycles. The molecule has 3 heteroatoms. The van der Waals surface area contributed by atoms with Crippen molar-refractivity contribution < 1.29 is 4.79 Å². The first-order valence-corrected chi connectivity index (χ1v) is 6.79. The van der Waals surface area contributed by atoms with Crippen molar-refractivity contribution >= 4 is 5.91 Å². The topological polar surface area (TPSA) is 41.1 Å². The second kappa shape index (κ2) is 5.67. The summed E-state index contributed by atoms with van der Waals surface area (Å²) < 4.78 is 0. The van der Waals surface area contributed by atoms with Crippen LogP contribution in [0.4, 0.5) is 0 Å². The highest BCUT2D eigenvalue weighted by molar-refractivity contribution is 5.81. The van der Waals surface area contributed by atoms with Crippen LogP contribution in [0.3, 0.4) is 0 Å². The standard InChI is InChI=1S/C13H24N2O/c1-10(14-9-11-7-8-11)13(16)15-12-5-3-2-4-6-12/h10-12,14H,2-9H2,1H3,(H,15,16). The third-order valence-corrected chi connectivity index (χ3v) is 3.75. The Labute approximate surface area is 98.4 Å². The molecule has 2 saturated carbocycles. The monoisotopic (exact) mass is 224 g/mol. The van der Waals surface area contributed by atoms with Gasteiger partial charge in [-0.3, -0.25) is 4.79 Å². The number of hydrogen-bond acceptors (Lipinski definition) is 2. The van der Waals surface area contributed by atoms with Crippen molar-refractivity contribution in [3.63, 3.8) is 0 Å². The zero-order valence-corrected chi connectivity index (χ0v) is 10.3. The van der Waals surface area contributed by atoms with Gasteiger partial charge in [0.25, 0.3) is 0 Å². The van der Waals surface area contributed by atoms with E-state index in [1.54, 1.807) is 0 Å². The van der Waals surface area contributed by atoms with Crippen LogP contribution >= 0.6 is 0 Å². The smallest absolute Gasteiger partial charge is 0.237 e. The van der Waals surface area contributed by atoms with Gasteiger partial charge in [-0.2, -0.15) is 0 Å². The van der Waals surface area contributed by atoms with Crippen LogP contribution < -0.4 is 10.6 Å². The molecule has 1 unspecified atom stereocenters. The summed E-state index contributed by atoms with van der Waals surface area (Å²) in [6.07, 6.45) is 8.89. The van der Waals surface area contributed by atoms with E-state index in [1.807, 2.05) is 6.92 Å². The molecular weight excluding hydrogens is 200 g/mol. The Bertz CT molecular complexity index is 232. The van der Waals surface area contributed by atoms with Crippen LogP contribution in [-0.4, -0.2) is 24.5 Å². The highest BCUT2D eigenvalue weighted by atomic mass is 16.2. The van der Waals surface area contributed by atoms with Crippen molar-refractivity contribution in [1.82, 2.24) is 10.6 Å². The van der Waals surface area contributed by atoms with Crippen LogP contribution in [0.2, 0.25) is 0 Å². The minimum absolute atomic E-state index is 0.0254. The summed E-state index contributed by atoms with van der Waals surface area (Å²) in [5.74, 6) is 1.03. The maximum absolute atomic E-state index is 11.9. The quantitative estimate of drug-likeness (QED) is 0.748. The SMILES string of the molecule is CC(NCC1CC1)C(=O)NC1CCCCC1. The molecular formula is C13H24N2O. The summed E-state index contributed by atoms with van der Waals surface area (Å²) in [5, 5.41) is 6.48. The average Bonchev–Trinajstić information content (AvgIpc) is 3.11. The molecule has 92 valence electrons. The molecule has 16 heavy (non-hydrogen) atoms. The molecule has 0 spiro atoms. The first kappa shape index (κ1) is 11.9. The fourth-order valence-electron chi connectivity index (χ4n) is 2.33. The Kier molecular flexibility index (Phi) is 4.22. The molecule has 2 rings (SSSR count). The number of rotatable bonds is 5. The minimum Gasteiger partial charge on any atom is -0.352 e. The molecule has 0 aromatic heterocycles. The van der Waals surface area contributed by atoms with Gasteiger partial charge >= 0.3 is 0 Å². The van der Waals surface area contributed by atoms with Crippen molar-refractivity contribution in [1.29, 1.82) is 0 Å². The zero-order valence-electron chi connectivity index (χ0n) is 10.3. The number of nitrogens with one attached hydrogen (secondary N) is 2. The van der Waals surface area contributed by atoms with Gasteiger partial charge in [0, 0.05) is 6.04 Å². The summed E-state index contributed by atoms with van der Waals surface area (Å²) in [6.45, 7) is 2.99. The van der Waals surface area contributed by atoms with E-state index in [-0.39, 0.29) is 11.9 Å². The Morgan fingerprint density at radius 3 is 2.50 bits per heavy atom. The number of amides is 1. The number of carbonyl (C=O) groups excluding carboxylic acids is 1. The molecule has 0 aliphatic heterocycles. The van der Waals surface area contributed by atoms with Gasteiger partial charge in [0.05, 0.1) is 6.04 Å². The minimum atomic E-state index is -0.0254. The van der Waals surface area contributed by atoms with Crippen LogP contribution in [0.25, 0.3) is 0 Å². The largest absolute Gasteiger partial charge is 0.352 e. The lowest BCUT2D eigenvalue weighted by molar-refractivity contribution is -0.123. The zero-order chi connectivity index (χ0) is 11.4. The third kappa shape index (κ3) is 3.78. The Morgan fingerprint density at radius 1 is 1.19 bits per heavy atom. The van der Waals surface area contributed by atoms with Gasteiger partial charge in [-0.1, -0.05) is 19.3 Å².